The Morgan fingerprint density at radius 3 is 2.63 bits per heavy atom. The van der Waals surface area contributed by atoms with E-state index in [2.05, 4.69) is 13.2 Å². The van der Waals surface area contributed by atoms with Crippen molar-refractivity contribution in [3.63, 3.8) is 0 Å². The van der Waals surface area contributed by atoms with Crippen LogP contribution in [0.5, 0.6) is 0 Å². The molecule has 2 rings (SSSR count). The lowest BCUT2D eigenvalue weighted by atomic mass is 10.0. The molecule has 0 saturated carbocycles. The van der Waals surface area contributed by atoms with Gasteiger partial charge in [0.2, 0.25) is 5.78 Å². The standard InChI is InChI=1S/C14H14O5/c1-8(2)14(16)19-13(11-7-18-11)12(15)9(3)10-5-4-6-17-10/h4-6,11,13H,1,3,7H2,2H3. The number of ether oxygens (including phenoxy) is 2. The molecule has 5 heteroatoms. The van der Waals surface area contributed by atoms with E-state index in [1.54, 1.807) is 12.1 Å². The third-order valence-electron chi connectivity index (χ3n) is 2.65. The van der Waals surface area contributed by atoms with Crippen molar-refractivity contribution in [2.24, 2.45) is 0 Å². The highest BCUT2D eigenvalue weighted by atomic mass is 16.6. The molecule has 2 unspecified atom stereocenters. The van der Waals surface area contributed by atoms with Crippen LogP contribution < -0.4 is 0 Å². The van der Waals surface area contributed by atoms with Crippen LogP contribution in [0.25, 0.3) is 5.57 Å². The lowest BCUT2D eigenvalue weighted by molar-refractivity contribution is -0.150. The lowest BCUT2D eigenvalue weighted by Crippen LogP contribution is -2.33. The molecule has 0 bridgehead atoms. The summed E-state index contributed by atoms with van der Waals surface area (Å²) in [5, 5.41) is 0. The first kappa shape index (κ1) is 13.3. The third kappa shape index (κ3) is 3.00. The van der Waals surface area contributed by atoms with Crippen LogP contribution in [0.4, 0.5) is 0 Å². The van der Waals surface area contributed by atoms with Crippen molar-refractivity contribution in [2.45, 2.75) is 19.1 Å². The normalized spacial score (nSPS) is 18.5. The Kier molecular flexibility index (Phi) is 3.66. The van der Waals surface area contributed by atoms with Gasteiger partial charge in [-0.15, -0.1) is 0 Å². The van der Waals surface area contributed by atoms with Gasteiger partial charge >= 0.3 is 5.97 Å². The maximum Gasteiger partial charge on any atom is 0.333 e. The Balaban J connectivity index is 2.11. The van der Waals surface area contributed by atoms with Gasteiger partial charge in [-0.3, -0.25) is 4.79 Å². The number of furan rings is 1. The third-order valence-corrected chi connectivity index (χ3v) is 2.65. The summed E-state index contributed by atoms with van der Waals surface area (Å²) in [7, 11) is 0. The van der Waals surface area contributed by atoms with E-state index in [9.17, 15) is 9.59 Å². The zero-order valence-corrected chi connectivity index (χ0v) is 10.5. The number of hydrogen-bond donors (Lipinski definition) is 0. The second-order valence-electron chi connectivity index (χ2n) is 4.30. The second kappa shape index (κ2) is 5.24. The summed E-state index contributed by atoms with van der Waals surface area (Å²) in [6, 6.07) is 3.27. The Labute approximate surface area is 110 Å². The van der Waals surface area contributed by atoms with Gasteiger partial charge in [0, 0.05) is 5.57 Å². The van der Waals surface area contributed by atoms with Gasteiger partial charge < -0.3 is 13.9 Å². The number of ketones is 1. The largest absolute Gasteiger partial charge is 0.464 e. The number of rotatable bonds is 6. The predicted molar refractivity (Wildman–Crippen MR) is 67.2 cm³/mol. The molecular weight excluding hydrogens is 248 g/mol. The quantitative estimate of drug-likeness (QED) is 0.444. The lowest BCUT2D eigenvalue weighted by Gasteiger charge is -2.15. The van der Waals surface area contributed by atoms with E-state index >= 15 is 0 Å². The van der Waals surface area contributed by atoms with Crippen LogP contribution in [0.15, 0.2) is 41.5 Å². The van der Waals surface area contributed by atoms with Crippen molar-refractivity contribution in [3.05, 3.63) is 42.9 Å². The summed E-state index contributed by atoms with van der Waals surface area (Å²) in [5.41, 5.74) is 0.377. The summed E-state index contributed by atoms with van der Waals surface area (Å²) in [6.45, 7) is 9.04. The fourth-order valence-corrected chi connectivity index (χ4v) is 1.49. The van der Waals surface area contributed by atoms with E-state index in [-0.39, 0.29) is 11.1 Å². The zero-order valence-electron chi connectivity index (χ0n) is 10.5. The number of epoxide rings is 1. The monoisotopic (exact) mass is 262 g/mol. The van der Waals surface area contributed by atoms with Gasteiger partial charge in [-0.05, 0) is 19.1 Å². The molecule has 0 amide bonds. The summed E-state index contributed by atoms with van der Waals surface area (Å²) in [6.07, 6.45) is 0.0281. The molecule has 1 aromatic rings. The molecular formula is C14H14O5. The summed E-state index contributed by atoms with van der Waals surface area (Å²) in [4.78, 5) is 23.8. The Hall–Kier alpha value is -2.14. The number of hydrogen-bond acceptors (Lipinski definition) is 5. The van der Waals surface area contributed by atoms with Gasteiger partial charge in [0.25, 0.3) is 0 Å². The maximum absolute atomic E-state index is 12.2. The SMILES string of the molecule is C=C(C)C(=O)OC(C(=O)C(=C)c1ccco1)C1CO1. The van der Waals surface area contributed by atoms with E-state index in [4.69, 9.17) is 13.9 Å². The van der Waals surface area contributed by atoms with E-state index in [1.165, 1.54) is 13.2 Å². The van der Waals surface area contributed by atoms with Crippen LogP contribution in [-0.2, 0) is 19.1 Å². The van der Waals surface area contributed by atoms with Gasteiger partial charge in [0.1, 0.15) is 11.9 Å². The molecule has 5 nitrogen and oxygen atoms in total. The van der Waals surface area contributed by atoms with Crippen LogP contribution >= 0.6 is 0 Å². The molecule has 0 aliphatic carbocycles. The van der Waals surface area contributed by atoms with E-state index in [0.29, 0.717) is 12.4 Å². The van der Waals surface area contributed by atoms with Crippen LogP contribution in [0.3, 0.4) is 0 Å². The highest BCUT2D eigenvalue weighted by molar-refractivity contribution is 6.22. The molecule has 0 N–H and O–H groups in total. The van der Waals surface area contributed by atoms with E-state index in [1.807, 2.05) is 0 Å². The van der Waals surface area contributed by atoms with Crippen molar-refractivity contribution in [1.82, 2.24) is 0 Å². The molecule has 0 aromatic carbocycles. The summed E-state index contributed by atoms with van der Waals surface area (Å²) >= 11 is 0. The molecule has 1 fully saturated rings. The van der Waals surface area contributed by atoms with Gasteiger partial charge in [0.05, 0.1) is 18.4 Å². The summed E-state index contributed by atoms with van der Waals surface area (Å²) in [5.74, 6) is -0.699. The van der Waals surface area contributed by atoms with Gasteiger partial charge in [-0.1, -0.05) is 13.2 Å². The van der Waals surface area contributed by atoms with Gasteiger partial charge in [-0.2, -0.15) is 0 Å². The maximum atomic E-state index is 12.2. The van der Waals surface area contributed by atoms with Crippen molar-refractivity contribution in [1.29, 1.82) is 0 Å². The van der Waals surface area contributed by atoms with Crippen molar-refractivity contribution >= 4 is 17.3 Å². The average Bonchev–Trinajstić information content (AvgIpc) is 3.07. The van der Waals surface area contributed by atoms with Crippen LogP contribution in [0.2, 0.25) is 0 Å². The van der Waals surface area contributed by atoms with Gasteiger partial charge in [0.15, 0.2) is 6.10 Å². The highest BCUT2D eigenvalue weighted by Crippen LogP contribution is 2.25. The molecule has 1 aliphatic heterocycles. The summed E-state index contributed by atoms with van der Waals surface area (Å²) < 4.78 is 15.2. The van der Waals surface area contributed by atoms with Crippen molar-refractivity contribution in [2.75, 3.05) is 6.61 Å². The topological polar surface area (TPSA) is 69.0 Å². The first-order valence-electron chi connectivity index (χ1n) is 5.75. The molecule has 0 spiro atoms. The molecule has 19 heavy (non-hydrogen) atoms. The molecule has 1 aromatic heterocycles. The van der Waals surface area contributed by atoms with E-state index in [0.717, 1.165) is 0 Å². The van der Waals surface area contributed by atoms with Crippen LogP contribution in [0, 0.1) is 0 Å². The average molecular weight is 262 g/mol. The number of Topliss-reactive ketones (excluding diaryl/α,β-unsaturated/α-hetero) is 1. The van der Waals surface area contributed by atoms with E-state index < -0.39 is 24.0 Å². The Bertz CT molecular complexity index is 522. The predicted octanol–water partition coefficient (Wildman–Crippen LogP) is 1.75. The number of esters is 1. The first-order chi connectivity index (χ1) is 9.00. The second-order valence-corrected chi connectivity index (χ2v) is 4.30. The smallest absolute Gasteiger partial charge is 0.333 e. The number of carbonyl (C=O) groups excluding carboxylic acids is 2. The molecule has 1 saturated heterocycles. The minimum absolute atomic E-state index is 0.153. The Morgan fingerprint density at radius 2 is 2.16 bits per heavy atom. The van der Waals surface area contributed by atoms with Crippen LogP contribution in [0.1, 0.15) is 12.7 Å². The zero-order chi connectivity index (χ0) is 14.0. The van der Waals surface area contributed by atoms with Crippen LogP contribution in [-0.4, -0.2) is 30.6 Å². The highest BCUT2D eigenvalue weighted by Gasteiger charge is 2.42. The minimum atomic E-state index is -0.998. The molecule has 2 heterocycles. The van der Waals surface area contributed by atoms with Crippen molar-refractivity contribution < 1.29 is 23.5 Å². The van der Waals surface area contributed by atoms with Crippen molar-refractivity contribution in [3.8, 4) is 0 Å². The van der Waals surface area contributed by atoms with Gasteiger partial charge in [-0.25, -0.2) is 4.79 Å². The first-order valence-corrected chi connectivity index (χ1v) is 5.75. The molecule has 1 aliphatic rings. The number of carbonyl (C=O) groups is 2. The fraction of sp³-hybridized carbons (Fsp3) is 0.286. The Morgan fingerprint density at radius 1 is 1.47 bits per heavy atom. The molecule has 2 atom stereocenters. The molecule has 0 radical (unpaired) electrons. The minimum Gasteiger partial charge on any atom is -0.464 e. The molecule has 100 valence electrons. The fourth-order valence-electron chi connectivity index (χ4n) is 1.49.